The van der Waals surface area contributed by atoms with Crippen molar-refractivity contribution in [1.29, 1.82) is 0 Å². The summed E-state index contributed by atoms with van der Waals surface area (Å²) in [5, 5.41) is 13.7. The molecule has 0 aliphatic rings. The molecule has 0 amide bonds. The van der Waals surface area contributed by atoms with Gasteiger partial charge in [-0.3, -0.25) is 4.68 Å². The fraction of sp³-hybridized carbons (Fsp3) is 0.833. The lowest BCUT2D eigenvalue weighted by Crippen LogP contribution is -2.31. The minimum Gasteiger partial charge on any atom is -0.396 e. The first kappa shape index (κ1) is 13.2. The second kappa shape index (κ2) is 5.43. The molecule has 1 N–H and O–H groups in total. The quantitative estimate of drug-likeness (QED) is 0.804. The molecule has 4 heteroatoms. The zero-order chi connectivity index (χ0) is 12.2. The summed E-state index contributed by atoms with van der Waals surface area (Å²) in [5.41, 5.74) is -0.113. The van der Waals surface area contributed by atoms with Gasteiger partial charge in [-0.05, 0) is 17.8 Å². The van der Waals surface area contributed by atoms with Gasteiger partial charge < -0.3 is 5.11 Å². The molecule has 0 saturated carbocycles. The number of aliphatic hydroxyl groups is 1. The Kier molecular flexibility index (Phi) is 4.47. The number of aromatic nitrogens is 3. The molecule has 0 radical (unpaired) electrons. The maximum Gasteiger partial charge on any atom is 0.138 e. The van der Waals surface area contributed by atoms with Gasteiger partial charge in [0.25, 0.3) is 0 Å². The molecule has 0 aliphatic heterocycles. The third kappa shape index (κ3) is 2.82. The van der Waals surface area contributed by atoms with Gasteiger partial charge in [0.1, 0.15) is 12.2 Å². The van der Waals surface area contributed by atoms with Crippen molar-refractivity contribution < 1.29 is 5.11 Å². The SMILES string of the molecule is CCCn1ncnc1CC(C)(CO)C(C)C. The predicted octanol–water partition coefficient (Wildman–Crippen LogP) is 1.89. The van der Waals surface area contributed by atoms with Crippen molar-refractivity contribution in [1.82, 2.24) is 14.8 Å². The van der Waals surface area contributed by atoms with E-state index in [1.807, 2.05) is 4.68 Å². The first-order valence-corrected chi connectivity index (χ1v) is 6.01. The molecule has 16 heavy (non-hydrogen) atoms. The Labute approximate surface area is 97.7 Å². The molecule has 1 aromatic heterocycles. The molecule has 92 valence electrons. The molecule has 1 rings (SSSR count). The van der Waals surface area contributed by atoms with E-state index in [2.05, 4.69) is 37.8 Å². The standard InChI is InChI=1S/C12H23N3O/c1-5-6-15-11(13-9-14-15)7-12(4,8-16)10(2)3/h9-10,16H,5-8H2,1-4H3. The van der Waals surface area contributed by atoms with Gasteiger partial charge >= 0.3 is 0 Å². The van der Waals surface area contributed by atoms with Crippen LogP contribution in [0, 0.1) is 11.3 Å². The van der Waals surface area contributed by atoms with Crippen molar-refractivity contribution in [2.24, 2.45) is 11.3 Å². The third-order valence-corrected chi connectivity index (χ3v) is 3.45. The summed E-state index contributed by atoms with van der Waals surface area (Å²) in [6.45, 7) is 9.58. The molecular weight excluding hydrogens is 202 g/mol. The Hall–Kier alpha value is -0.900. The van der Waals surface area contributed by atoms with E-state index < -0.39 is 0 Å². The fourth-order valence-corrected chi connectivity index (χ4v) is 1.63. The van der Waals surface area contributed by atoms with E-state index in [9.17, 15) is 5.11 Å². The second-order valence-electron chi connectivity index (χ2n) is 5.04. The van der Waals surface area contributed by atoms with Crippen molar-refractivity contribution in [3.8, 4) is 0 Å². The smallest absolute Gasteiger partial charge is 0.138 e. The summed E-state index contributed by atoms with van der Waals surface area (Å²) < 4.78 is 1.94. The van der Waals surface area contributed by atoms with Gasteiger partial charge in [-0.25, -0.2) is 4.98 Å². The Balaban J connectivity index is 2.81. The van der Waals surface area contributed by atoms with Crippen LogP contribution in [0.5, 0.6) is 0 Å². The first-order valence-electron chi connectivity index (χ1n) is 6.01. The third-order valence-electron chi connectivity index (χ3n) is 3.45. The van der Waals surface area contributed by atoms with Gasteiger partial charge in [0, 0.05) is 19.6 Å². The molecule has 1 aromatic rings. The minimum atomic E-state index is -0.113. The molecule has 0 bridgehead atoms. The number of aryl methyl sites for hydroxylation is 1. The highest BCUT2D eigenvalue weighted by molar-refractivity contribution is 4.93. The van der Waals surface area contributed by atoms with E-state index in [1.165, 1.54) is 0 Å². The molecule has 0 spiro atoms. The Bertz CT molecular complexity index is 322. The van der Waals surface area contributed by atoms with Gasteiger partial charge in [-0.1, -0.05) is 27.7 Å². The van der Waals surface area contributed by atoms with E-state index >= 15 is 0 Å². The van der Waals surface area contributed by atoms with E-state index in [4.69, 9.17) is 0 Å². The molecule has 1 atom stereocenters. The zero-order valence-corrected chi connectivity index (χ0v) is 10.8. The van der Waals surface area contributed by atoms with Crippen LogP contribution in [0.1, 0.15) is 39.9 Å². The van der Waals surface area contributed by atoms with Crippen LogP contribution in [0.4, 0.5) is 0 Å². The highest BCUT2D eigenvalue weighted by Gasteiger charge is 2.29. The largest absolute Gasteiger partial charge is 0.396 e. The van der Waals surface area contributed by atoms with Gasteiger partial charge in [-0.2, -0.15) is 5.10 Å². The van der Waals surface area contributed by atoms with Crippen molar-refractivity contribution in [2.45, 2.75) is 47.1 Å². The molecule has 0 fully saturated rings. The molecule has 0 aromatic carbocycles. The molecule has 0 aliphatic carbocycles. The minimum absolute atomic E-state index is 0.113. The van der Waals surface area contributed by atoms with Crippen LogP contribution < -0.4 is 0 Å². The normalized spacial score (nSPS) is 15.4. The monoisotopic (exact) mass is 225 g/mol. The topological polar surface area (TPSA) is 50.9 Å². The van der Waals surface area contributed by atoms with E-state index in [-0.39, 0.29) is 12.0 Å². The predicted molar refractivity (Wildman–Crippen MR) is 64.0 cm³/mol. The summed E-state index contributed by atoms with van der Waals surface area (Å²) in [6, 6.07) is 0. The summed E-state index contributed by atoms with van der Waals surface area (Å²) >= 11 is 0. The molecular formula is C12H23N3O. The van der Waals surface area contributed by atoms with Crippen LogP contribution in [0.15, 0.2) is 6.33 Å². The van der Waals surface area contributed by atoms with Gasteiger partial charge in [0.05, 0.1) is 0 Å². The van der Waals surface area contributed by atoms with Crippen LogP contribution in [0.3, 0.4) is 0 Å². The maximum atomic E-state index is 9.52. The van der Waals surface area contributed by atoms with Crippen molar-refractivity contribution in [2.75, 3.05) is 6.61 Å². The van der Waals surface area contributed by atoms with Crippen LogP contribution >= 0.6 is 0 Å². The Morgan fingerprint density at radius 1 is 1.50 bits per heavy atom. The van der Waals surface area contributed by atoms with Crippen LogP contribution in [-0.2, 0) is 13.0 Å². The van der Waals surface area contributed by atoms with Crippen molar-refractivity contribution >= 4 is 0 Å². The van der Waals surface area contributed by atoms with E-state index in [0.29, 0.717) is 5.92 Å². The highest BCUT2D eigenvalue weighted by Crippen LogP contribution is 2.29. The summed E-state index contributed by atoms with van der Waals surface area (Å²) in [7, 11) is 0. The highest BCUT2D eigenvalue weighted by atomic mass is 16.3. The number of hydrogen-bond acceptors (Lipinski definition) is 3. The van der Waals surface area contributed by atoms with Gasteiger partial charge in [-0.15, -0.1) is 0 Å². The van der Waals surface area contributed by atoms with Crippen molar-refractivity contribution in [3.05, 3.63) is 12.2 Å². The summed E-state index contributed by atoms with van der Waals surface area (Å²) in [5.74, 6) is 1.40. The van der Waals surface area contributed by atoms with E-state index in [1.54, 1.807) is 6.33 Å². The number of aliphatic hydroxyl groups excluding tert-OH is 1. The summed E-state index contributed by atoms with van der Waals surface area (Å²) in [4.78, 5) is 4.29. The van der Waals surface area contributed by atoms with Crippen molar-refractivity contribution in [3.63, 3.8) is 0 Å². The van der Waals surface area contributed by atoms with Crippen LogP contribution in [-0.4, -0.2) is 26.5 Å². The maximum absolute atomic E-state index is 9.52. The average molecular weight is 225 g/mol. The van der Waals surface area contributed by atoms with Crippen LogP contribution in [0.25, 0.3) is 0 Å². The number of nitrogens with zero attached hydrogens (tertiary/aromatic N) is 3. The van der Waals surface area contributed by atoms with Gasteiger partial charge in [0.2, 0.25) is 0 Å². The van der Waals surface area contributed by atoms with E-state index in [0.717, 1.165) is 25.2 Å². The Morgan fingerprint density at radius 2 is 2.19 bits per heavy atom. The average Bonchev–Trinajstić information content (AvgIpc) is 2.66. The number of hydrogen-bond donors (Lipinski definition) is 1. The molecule has 1 heterocycles. The zero-order valence-electron chi connectivity index (χ0n) is 10.8. The first-order chi connectivity index (χ1) is 7.53. The Morgan fingerprint density at radius 3 is 2.69 bits per heavy atom. The lowest BCUT2D eigenvalue weighted by molar-refractivity contribution is 0.0913. The van der Waals surface area contributed by atoms with Crippen LogP contribution in [0.2, 0.25) is 0 Å². The second-order valence-corrected chi connectivity index (χ2v) is 5.04. The molecule has 1 unspecified atom stereocenters. The summed E-state index contributed by atoms with van der Waals surface area (Å²) in [6.07, 6.45) is 3.43. The lowest BCUT2D eigenvalue weighted by Gasteiger charge is -2.31. The fourth-order valence-electron chi connectivity index (χ4n) is 1.63. The molecule has 0 saturated heterocycles. The molecule has 4 nitrogen and oxygen atoms in total. The lowest BCUT2D eigenvalue weighted by atomic mass is 9.77. The number of rotatable bonds is 6. The van der Waals surface area contributed by atoms with Gasteiger partial charge in [0.15, 0.2) is 0 Å².